The number of methoxy groups -OCH3 is 1. The Morgan fingerprint density at radius 2 is 1.83 bits per heavy atom. The van der Waals surface area contributed by atoms with Crippen LogP contribution in [0.1, 0.15) is 17.3 Å². The molecule has 0 radical (unpaired) electrons. The Balaban J connectivity index is 2.20. The highest BCUT2D eigenvalue weighted by Gasteiger charge is 2.15. The highest BCUT2D eigenvalue weighted by Crippen LogP contribution is 2.21. The minimum absolute atomic E-state index is 0.0494. The average molecular weight is 335 g/mol. The molecule has 0 unspecified atom stereocenters. The van der Waals surface area contributed by atoms with Gasteiger partial charge in [0.2, 0.25) is 0 Å². The molecular formula is C16H17NO5S. The molecule has 0 saturated heterocycles. The molecule has 0 amide bonds. The second-order valence-electron chi connectivity index (χ2n) is 4.58. The molecule has 0 aliphatic heterocycles. The predicted octanol–water partition coefficient (Wildman–Crippen LogP) is 2.67. The second kappa shape index (κ2) is 7.15. The molecule has 2 rings (SSSR count). The Morgan fingerprint density at radius 1 is 1.13 bits per heavy atom. The first-order valence-electron chi connectivity index (χ1n) is 6.90. The summed E-state index contributed by atoms with van der Waals surface area (Å²) in [5.74, 6) is 0.0556. The van der Waals surface area contributed by atoms with Crippen LogP contribution in [0.15, 0.2) is 53.4 Å². The van der Waals surface area contributed by atoms with E-state index in [9.17, 15) is 13.2 Å². The van der Waals surface area contributed by atoms with Gasteiger partial charge in [-0.05, 0) is 43.3 Å². The van der Waals surface area contributed by atoms with E-state index in [4.69, 9.17) is 9.47 Å². The van der Waals surface area contributed by atoms with E-state index in [1.807, 2.05) is 0 Å². The van der Waals surface area contributed by atoms with Crippen LogP contribution in [0.25, 0.3) is 0 Å². The van der Waals surface area contributed by atoms with Gasteiger partial charge in [-0.25, -0.2) is 13.2 Å². The molecule has 2 aromatic carbocycles. The van der Waals surface area contributed by atoms with Gasteiger partial charge in [-0.3, -0.25) is 4.72 Å². The van der Waals surface area contributed by atoms with Crippen LogP contribution in [0, 0.1) is 0 Å². The molecule has 0 spiro atoms. The maximum atomic E-state index is 12.3. The summed E-state index contributed by atoms with van der Waals surface area (Å²) in [6.45, 7) is 1.96. The molecule has 0 aromatic heterocycles. The lowest BCUT2D eigenvalue weighted by Gasteiger charge is -2.09. The normalized spacial score (nSPS) is 10.9. The van der Waals surface area contributed by atoms with Crippen molar-refractivity contribution in [1.29, 1.82) is 0 Å². The largest absolute Gasteiger partial charge is 0.497 e. The number of ether oxygens (including phenoxy) is 2. The van der Waals surface area contributed by atoms with Gasteiger partial charge in [0.05, 0.1) is 29.9 Å². The Bertz CT molecular complexity index is 784. The minimum atomic E-state index is -3.75. The van der Waals surface area contributed by atoms with Crippen LogP contribution in [0.4, 0.5) is 5.69 Å². The van der Waals surface area contributed by atoms with Crippen molar-refractivity contribution in [1.82, 2.24) is 0 Å². The molecule has 0 bridgehead atoms. The summed E-state index contributed by atoms with van der Waals surface area (Å²) in [5.41, 5.74) is 0.686. The van der Waals surface area contributed by atoms with Gasteiger partial charge in [0.15, 0.2) is 0 Å². The van der Waals surface area contributed by atoms with Crippen LogP contribution >= 0.6 is 0 Å². The van der Waals surface area contributed by atoms with Gasteiger partial charge >= 0.3 is 5.97 Å². The fraction of sp³-hybridized carbons (Fsp3) is 0.188. The number of sulfonamides is 1. The topological polar surface area (TPSA) is 81.7 Å². The zero-order chi connectivity index (χ0) is 16.9. The maximum Gasteiger partial charge on any atom is 0.338 e. The summed E-state index contributed by atoms with van der Waals surface area (Å²) in [7, 11) is -2.25. The van der Waals surface area contributed by atoms with Crippen molar-refractivity contribution in [2.75, 3.05) is 18.4 Å². The van der Waals surface area contributed by atoms with Gasteiger partial charge in [-0.15, -0.1) is 0 Å². The zero-order valence-electron chi connectivity index (χ0n) is 12.8. The van der Waals surface area contributed by atoms with E-state index in [1.165, 1.54) is 31.4 Å². The van der Waals surface area contributed by atoms with Crippen LogP contribution in [-0.2, 0) is 14.8 Å². The number of carbonyl (C=O) groups is 1. The third-order valence-corrected chi connectivity index (χ3v) is 4.39. The first-order chi connectivity index (χ1) is 11.0. The number of hydrogen-bond donors (Lipinski definition) is 1. The van der Waals surface area contributed by atoms with E-state index in [1.54, 1.807) is 31.2 Å². The molecule has 6 nitrogen and oxygen atoms in total. The highest BCUT2D eigenvalue weighted by atomic mass is 32.2. The third kappa shape index (κ3) is 4.23. The number of rotatable bonds is 6. The third-order valence-electron chi connectivity index (χ3n) is 3.00. The molecule has 0 fully saturated rings. The van der Waals surface area contributed by atoms with E-state index in [2.05, 4.69) is 4.72 Å². The molecule has 1 N–H and O–H groups in total. The van der Waals surface area contributed by atoms with Crippen molar-refractivity contribution in [2.24, 2.45) is 0 Å². The number of carbonyl (C=O) groups excluding carboxylic acids is 1. The second-order valence-corrected chi connectivity index (χ2v) is 6.26. The zero-order valence-corrected chi connectivity index (χ0v) is 13.6. The number of benzene rings is 2. The Hall–Kier alpha value is -2.54. The first kappa shape index (κ1) is 16.8. The monoisotopic (exact) mass is 335 g/mol. The Kier molecular flexibility index (Phi) is 5.23. The highest BCUT2D eigenvalue weighted by molar-refractivity contribution is 7.92. The van der Waals surface area contributed by atoms with Crippen molar-refractivity contribution < 1.29 is 22.7 Å². The van der Waals surface area contributed by atoms with Gasteiger partial charge in [0.25, 0.3) is 10.0 Å². The lowest BCUT2D eigenvalue weighted by Crippen LogP contribution is -2.13. The number of hydrogen-bond acceptors (Lipinski definition) is 5. The van der Waals surface area contributed by atoms with E-state index in [-0.39, 0.29) is 11.5 Å². The fourth-order valence-electron chi connectivity index (χ4n) is 1.89. The van der Waals surface area contributed by atoms with Crippen molar-refractivity contribution in [3.63, 3.8) is 0 Å². The first-order valence-corrected chi connectivity index (χ1v) is 8.38. The lowest BCUT2D eigenvalue weighted by molar-refractivity contribution is 0.0526. The van der Waals surface area contributed by atoms with Gasteiger partial charge < -0.3 is 9.47 Å². The standard InChI is InChI=1S/C16H17NO5S/c1-3-22-16(18)12-7-9-15(10-8-12)23(19,20)17-13-5-4-6-14(11-13)21-2/h4-11,17H,3H2,1-2H3. The van der Waals surface area contributed by atoms with Gasteiger partial charge in [-0.2, -0.15) is 0 Å². The molecule has 0 heterocycles. The average Bonchev–Trinajstić information content (AvgIpc) is 2.55. The van der Waals surface area contributed by atoms with E-state index >= 15 is 0 Å². The van der Waals surface area contributed by atoms with Crippen molar-refractivity contribution >= 4 is 21.7 Å². The lowest BCUT2D eigenvalue weighted by atomic mass is 10.2. The Labute approximate surface area is 135 Å². The van der Waals surface area contributed by atoms with Crippen molar-refractivity contribution in [3.8, 4) is 5.75 Å². The number of nitrogens with one attached hydrogen (secondary N) is 1. The molecule has 7 heteroatoms. The van der Waals surface area contributed by atoms with Crippen molar-refractivity contribution in [3.05, 3.63) is 54.1 Å². The summed E-state index contributed by atoms with van der Waals surface area (Å²) >= 11 is 0. The number of anilines is 1. The summed E-state index contributed by atoms with van der Waals surface area (Å²) in [4.78, 5) is 11.6. The molecule has 0 aliphatic carbocycles. The summed E-state index contributed by atoms with van der Waals surface area (Å²) in [5, 5.41) is 0. The SMILES string of the molecule is CCOC(=O)c1ccc(S(=O)(=O)Nc2cccc(OC)c2)cc1. The Morgan fingerprint density at radius 3 is 2.43 bits per heavy atom. The van der Waals surface area contributed by atoms with E-state index in [0.717, 1.165) is 0 Å². The summed E-state index contributed by atoms with van der Waals surface area (Å²) in [6, 6.07) is 12.1. The summed E-state index contributed by atoms with van der Waals surface area (Å²) < 4.78 is 37.0. The van der Waals surface area contributed by atoms with Gasteiger partial charge in [-0.1, -0.05) is 6.07 Å². The van der Waals surface area contributed by atoms with E-state index in [0.29, 0.717) is 17.0 Å². The minimum Gasteiger partial charge on any atom is -0.497 e. The molecule has 0 aliphatic rings. The molecule has 0 saturated carbocycles. The molecule has 122 valence electrons. The van der Waals surface area contributed by atoms with Crippen LogP contribution in [0.3, 0.4) is 0 Å². The van der Waals surface area contributed by atoms with Crippen LogP contribution in [-0.4, -0.2) is 28.1 Å². The van der Waals surface area contributed by atoms with Gasteiger partial charge in [0.1, 0.15) is 5.75 Å². The smallest absolute Gasteiger partial charge is 0.338 e. The molecule has 0 atom stereocenters. The van der Waals surface area contributed by atoms with Gasteiger partial charge in [0, 0.05) is 6.07 Å². The van der Waals surface area contributed by atoms with Crippen LogP contribution in [0.5, 0.6) is 5.75 Å². The molecule has 2 aromatic rings. The predicted molar refractivity (Wildman–Crippen MR) is 86.2 cm³/mol. The van der Waals surface area contributed by atoms with Crippen molar-refractivity contribution in [2.45, 2.75) is 11.8 Å². The molecular weight excluding hydrogens is 318 g/mol. The van der Waals surface area contributed by atoms with Crippen LogP contribution < -0.4 is 9.46 Å². The quantitative estimate of drug-likeness (QED) is 0.821. The molecule has 23 heavy (non-hydrogen) atoms. The summed E-state index contributed by atoms with van der Waals surface area (Å²) in [6.07, 6.45) is 0. The van der Waals surface area contributed by atoms with E-state index < -0.39 is 16.0 Å². The van der Waals surface area contributed by atoms with Crippen LogP contribution in [0.2, 0.25) is 0 Å². The maximum absolute atomic E-state index is 12.3. The fourth-order valence-corrected chi connectivity index (χ4v) is 2.93. The number of esters is 1.